The highest BCUT2D eigenvalue weighted by Gasteiger charge is 2.36. The van der Waals surface area contributed by atoms with Crippen LogP contribution in [0.3, 0.4) is 0 Å². The number of hydrogen-bond acceptors (Lipinski definition) is 4. The Morgan fingerprint density at radius 1 is 1.18 bits per heavy atom. The SMILES string of the molecule is O=C1Nc2ccccc2SC1CC(=O)N1CCCC1c1nc2ccccc2[nH]1. The van der Waals surface area contributed by atoms with Gasteiger partial charge in [-0.1, -0.05) is 24.3 Å². The zero-order valence-corrected chi connectivity index (χ0v) is 16.0. The van der Waals surface area contributed by atoms with Crippen LogP contribution in [0, 0.1) is 0 Å². The van der Waals surface area contributed by atoms with Gasteiger partial charge in [0.25, 0.3) is 0 Å². The van der Waals surface area contributed by atoms with E-state index in [9.17, 15) is 9.59 Å². The van der Waals surface area contributed by atoms with Crippen LogP contribution in [0.15, 0.2) is 53.4 Å². The van der Waals surface area contributed by atoms with Gasteiger partial charge in [-0.05, 0) is 37.1 Å². The molecule has 2 unspecified atom stereocenters. The molecule has 0 spiro atoms. The summed E-state index contributed by atoms with van der Waals surface area (Å²) < 4.78 is 0. The van der Waals surface area contributed by atoms with Crippen LogP contribution in [0.25, 0.3) is 11.0 Å². The molecule has 2 aliphatic rings. The van der Waals surface area contributed by atoms with Crippen molar-refractivity contribution in [2.24, 2.45) is 0 Å². The number of aromatic amines is 1. The molecule has 3 aromatic rings. The fourth-order valence-electron chi connectivity index (χ4n) is 3.98. The molecule has 2 atom stereocenters. The number of likely N-dealkylation sites (tertiary alicyclic amines) is 1. The standard InChI is InChI=1S/C21H20N4O2S/c26-19(12-18-21(27)24-15-8-3-4-10-17(15)28-18)25-11-5-9-16(25)20-22-13-6-1-2-7-14(13)23-20/h1-4,6-8,10,16,18H,5,9,11-12H2,(H,22,23)(H,24,27). The molecule has 2 aliphatic heterocycles. The summed E-state index contributed by atoms with van der Waals surface area (Å²) >= 11 is 1.47. The second kappa shape index (κ2) is 6.98. The summed E-state index contributed by atoms with van der Waals surface area (Å²) in [5, 5.41) is 2.51. The summed E-state index contributed by atoms with van der Waals surface area (Å²) in [6, 6.07) is 15.5. The van der Waals surface area contributed by atoms with E-state index in [0.717, 1.165) is 40.3 Å². The number of nitrogens with one attached hydrogen (secondary N) is 2. The number of amides is 2. The average molecular weight is 392 g/mol. The third-order valence-corrected chi connectivity index (χ3v) is 6.64. The monoisotopic (exact) mass is 392 g/mol. The minimum atomic E-state index is -0.403. The van der Waals surface area contributed by atoms with Gasteiger partial charge in [-0.25, -0.2) is 4.98 Å². The number of anilines is 1. The molecule has 2 aromatic carbocycles. The number of hydrogen-bond donors (Lipinski definition) is 2. The lowest BCUT2D eigenvalue weighted by molar-refractivity contribution is -0.133. The number of para-hydroxylation sites is 3. The Balaban J connectivity index is 1.34. The van der Waals surface area contributed by atoms with Gasteiger partial charge in [0.2, 0.25) is 11.8 Å². The largest absolute Gasteiger partial charge is 0.340 e. The van der Waals surface area contributed by atoms with Gasteiger partial charge >= 0.3 is 0 Å². The number of benzene rings is 2. The predicted octanol–water partition coefficient (Wildman–Crippen LogP) is 3.73. The van der Waals surface area contributed by atoms with E-state index in [1.807, 2.05) is 53.4 Å². The highest BCUT2D eigenvalue weighted by atomic mass is 32.2. The molecule has 28 heavy (non-hydrogen) atoms. The molecule has 0 bridgehead atoms. The lowest BCUT2D eigenvalue weighted by Gasteiger charge is -2.27. The zero-order valence-electron chi connectivity index (χ0n) is 15.2. The van der Waals surface area contributed by atoms with Crippen molar-refractivity contribution in [1.82, 2.24) is 14.9 Å². The lowest BCUT2D eigenvalue weighted by atomic mass is 10.2. The Morgan fingerprint density at radius 2 is 2.00 bits per heavy atom. The smallest absolute Gasteiger partial charge is 0.238 e. The maximum absolute atomic E-state index is 13.1. The predicted molar refractivity (Wildman–Crippen MR) is 109 cm³/mol. The Hall–Kier alpha value is -2.80. The zero-order chi connectivity index (χ0) is 19.1. The van der Waals surface area contributed by atoms with E-state index in [1.165, 1.54) is 11.8 Å². The van der Waals surface area contributed by atoms with Crippen molar-refractivity contribution in [3.63, 3.8) is 0 Å². The first-order valence-corrected chi connectivity index (χ1v) is 10.4. The highest BCUT2D eigenvalue weighted by molar-refractivity contribution is 8.01. The molecule has 0 radical (unpaired) electrons. The highest BCUT2D eigenvalue weighted by Crippen LogP contribution is 2.38. The van der Waals surface area contributed by atoms with Crippen LogP contribution in [0.2, 0.25) is 0 Å². The number of rotatable bonds is 3. The van der Waals surface area contributed by atoms with Gasteiger partial charge in [-0.15, -0.1) is 11.8 Å². The molecule has 7 heteroatoms. The number of nitrogens with zero attached hydrogens (tertiary/aromatic N) is 2. The molecule has 1 aromatic heterocycles. The van der Waals surface area contributed by atoms with Crippen LogP contribution >= 0.6 is 11.8 Å². The number of aromatic nitrogens is 2. The van der Waals surface area contributed by atoms with Gasteiger partial charge in [0.1, 0.15) is 5.82 Å². The Morgan fingerprint density at radius 3 is 2.89 bits per heavy atom. The second-order valence-corrected chi connectivity index (χ2v) is 8.42. The third kappa shape index (κ3) is 3.05. The van der Waals surface area contributed by atoms with Crippen molar-refractivity contribution in [2.45, 2.75) is 35.4 Å². The van der Waals surface area contributed by atoms with Gasteiger partial charge < -0.3 is 15.2 Å². The van der Waals surface area contributed by atoms with Crippen molar-refractivity contribution in [3.8, 4) is 0 Å². The number of carbonyl (C=O) groups is 2. The van der Waals surface area contributed by atoms with Gasteiger partial charge in [0, 0.05) is 17.9 Å². The molecule has 6 nitrogen and oxygen atoms in total. The molecule has 2 amide bonds. The second-order valence-electron chi connectivity index (χ2n) is 7.18. The van der Waals surface area contributed by atoms with Crippen molar-refractivity contribution in [2.75, 3.05) is 11.9 Å². The van der Waals surface area contributed by atoms with Gasteiger partial charge in [-0.3, -0.25) is 9.59 Å². The fraction of sp³-hybridized carbons (Fsp3) is 0.286. The Labute approximate surface area is 166 Å². The van der Waals surface area contributed by atoms with E-state index >= 15 is 0 Å². The first kappa shape index (κ1) is 17.3. The van der Waals surface area contributed by atoms with Crippen LogP contribution in [0.4, 0.5) is 5.69 Å². The maximum Gasteiger partial charge on any atom is 0.238 e. The lowest BCUT2D eigenvalue weighted by Crippen LogP contribution is -2.37. The summed E-state index contributed by atoms with van der Waals surface area (Å²) in [6.45, 7) is 0.705. The van der Waals surface area contributed by atoms with Crippen molar-refractivity contribution < 1.29 is 9.59 Å². The van der Waals surface area contributed by atoms with E-state index in [1.54, 1.807) is 0 Å². The van der Waals surface area contributed by atoms with E-state index in [2.05, 4.69) is 15.3 Å². The molecule has 0 saturated carbocycles. The number of thioether (sulfide) groups is 1. The quantitative estimate of drug-likeness (QED) is 0.712. The van der Waals surface area contributed by atoms with Gasteiger partial charge in [-0.2, -0.15) is 0 Å². The van der Waals surface area contributed by atoms with Crippen molar-refractivity contribution >= 4 is 40.3 Å². The van der Waals surface area contributed by atoms with Crippen molar-refractivity contribution in [1.29, 1.82) is 0 Å². The number of fused-ring (bicyclic) bond motifs is 2. The minimum Gasteiger partial charge on any atom is -0.340 e. The molecule has 142 valence electrons. The van der Waals surface area contributed by atoms with Crippen LogP contribution in [-0.2, 0) is 9.59 Å². The molecule has 5 rings (SSSR count). The molecular formula is C21H20N4O2S. The van der Waals surface area contributed by atoms with Crippen LogP contribution in [0.5, 0.6) is 0 Å². The summed E-state index contributed by atoms with van der Waals surface area (Å²) in [5.74, 6) is 0.740. The Bertz CT molecular complexity index is 1030. The van der Waals surface area contributed by atoms with Crippen LogP contribution in [0.1, 0.15) is 31.1 Å². The minimum absolute atomic E-state index is 0.00925. The molecule has 1 fully saturated rings. The summed E-state index contributed by atoms with van der Waals surface area (Å²) in [7, 11) is 0. The number of H-pyrrole nitrogens is 1. The normalized spacial score (nSPS) is 21.6. The average Bonchev–Trinajstić information content (AvgIpc) is 3.35. The van der Waals surface area contributed by atoms with E-state index in [0.29, 0.717) is 6.54 Å². The molecule has 2 N–H and O–H groups in total. The number of imidazole rings is 1. The van der Waals surface area contributed by atoms with Crippen LogP contribution < -0.4 is 5.32 Å². The molecule has 1 saturated heterocycles. The van der Waals surface area contributed by atoms with E-state index < -0.39 is 5.25 Å². The Kier molecular flexibility index (Phi) is 4.31. The first-order chi connectivity index (χ1) is 13.7. The van der Waals surface area contributed by atoms with E-state index in [4.69, 9.17) is 0 Å². The summed E-state index contributed by atoms with van der Waals surface area (Å²) in [4.78, 5) is 36.4. The molecule has 0 aliphatic carbocycles. The fourth-order valence-corrected chi connectivity index (χ4v) is 5.08. The molecular weight excluding hydrogens is 372 g/mol. The summed E-state index contributed by atoms with van der Waals surface area (Å²) in [6.07, 6.45) is 2.03. The topological polar surface area (TPSA) is 78.1 Å². The van der Waals surface area contributed by atoms with Gasteiger partial charge in [0.05, 0.1) is 28.0 Å². The van der Waals surface area contributed by atoms with Gasteiger partial charge in [0.15, 0.2) is 0 Å². The van der Waals surface area contributed by atoms with E-state index in [-0.39, 0.29) is 24.3 Å². The first-order valence-electron chi connectivity index (χ1n) is 9.50. The molecule has 3 heterocycles. The van der Waals surface area contributed by atoms with Crippen molar-refractivity contribution in [3.05, 3.63) is 54.4 Å². The van der Waals surface area contributed by atoms with Crippen LogP contribution in [-0.4, -0.2) is 38.5 Å². The number of carbonyl (C=O) groups excluding carboxylic acids is 2. The summed E-state index contributed by atoms with van der Waals surface area (Å²) in [5.41, 5.74) is 2.72. The third-order valence-electron chi connectivity index (χ3n) is 5.36. The maximum atomic E-state index is 13.1.